The number of aromatic hydroxyl groups is 1. The van der Waals surface area contributed by atoms with E-state index in [1.807, 2.05) is 0 Å². The SMILES string of the molecule is Oc1cccc(Oc2ccc(Oc3ccc(OC(F)(F)F)cc3)cc2)c1. The Bertz CT molecular complexity index is 859. The Morgan fingerprint density at radius 3 is 1.54 bits per heavy atom. The second-order valence-corrected chi connectivity index (χ2v) is 5.19. The van der Waals surface area contributed by atoms with Crippen LogP contribution in [0, 0.1) is 0 Å². The zero-order valence-electron chi connectivity index (χ0n) is 13.2. The lowest BCUT2D eigenvalue weighted by Gasteiger charge is -2.10. The van der Waals surface area contributed by atoms with E-state index in [9.17, 15) is 18.3 Å². The van der Waals surface area contributed by atoms with Gasteiger partial charge in [-0.2, -0.15) is 0 Å². The van der Waals surface area contributed by atoms with Crippen molar-refractivity contribution in [3.63, 3.8) is 0 Å². The predicted octanol–water partition coefficient (Wildman–Crippen LogP) is 5.88. The molecule has 0 aromatic heterocycles. The maximum absolute atomic E-state index is 12.1. The van der Waals surface area contributed by atoms with Gasteiger partial charge in [0, 0.05) is 6.07 Å². The number of benzene rings is 3. The van der Waals surface area contributed by atoms with Crippen LogP contribution in [-0.2, 0) is 0 Å². The highest BCUT2D eigenvalue weighted by molar-refractivity contribution is 5.40. The molecule has 0 saturated carbocycles. The van der Waals surface area contributed by atoms with E-state index in [0.29, 0.717) is 23.0 Å². The van der Waals surface area contributed by atoms with Crippen LogP contribution in [0.25, 0.3) is 0 Å². The van der Waals surface area contributed by atoms with Gasteiger partial charge >= 0.3 is 6.36 Å². The first-order valence-corrected chi connectivity index (χ1v) is 7.48. The standard InChI is InChI=1S/C19H13F3O4/c20-19(21,22)26-17-10-8-15(9-11-17)24-14-4-6-16(7-5-14)25-18-3-1-2-13(23)12-18/h1-12,23H. The molecule has 134 valence electrons. The molecule has 3 aromatic carbocycles. The van der Waals surface area contributed by atoms with Gasteiger partial charge in [0.2, 0.25) is 0 Å². The zero-order chi connectivity index (χ0) is 18.6. The van der Waals surface area contributed by atoms with Crippen LogP contribution in [0.4, 0.5) is 13.2 Å². The molecule has 1 N–H and O–H groups in total. The van der Waals surface area contributed by atoms with Gasteiger partial charge in [0.05, 0.1) is 0 Å². The molecule has 4 nitrogen and oxygen atoms in total. The molecule has 0 aliphatic heterocycles. The highest BCUT2D eigenvalue weighted by Gasteiger charge is 2.30. The van der Waals surface area contributed by atoms with E-state index in [-0.39, 0.29) is 11.5 Å². The summed E-state index contributed by atoms with van der Waals surface area (Å²) in [6.07, 6.45) is -4.73. The van der Waals surface area contributed by atoms with E-state index in [2.05, 4.69) is 4.74 Å². The summed E-state index contributed by atoms with van der Waals surface area (Å²) in [6.45, 7) is 0. The summed E-state index contributed by atoms with van der Waals surface area (Å²) in [5, 5.41) is 9.41. The van der Waals surface area contributed by atoms with Gasteiger partial charge < -0.3 is 19.3 Å². The Morgan fingerprint density at radius 1 is 0.615 bits per heavy atom. The van der Waals surface area contributed by atoms with Crippen LogP contribution in [0.3, 0.4) is 0 Å². The first kappa shape index (κ1) is 17.5. The molecule has 0 spiro atoms. The molecule has 3 rings (SSSR count). The average Bonchev–Trinajstić information content (AvgIpc) is 2.57. The van der Waals surface area contributed by atoms with Crippen LogP contribution in [0.5, 0.6) is 34.5 Å². The minimum atomic E-state index is -4.73. The van der Waals surface area contributed by atoms with Gasteiger partial charge in [-0.3, -0.25) is 0 Å². The van der Waals surface area contributed by atoms with E-state index < -0.39 is 6.36 Å². The fourth-order valence-electron chi connectivity index (χ4n) is 2.10. The molecule has 7 heteroatoms. The third-order valence-electron chi connectivity index (χ3n) is 3.17. The molecule has 0 amide bonds. The van der Waals surface area contributed by atoms with Crippen molar-refractivity contribution in [1.82, 2.24) is 0 Å². The van der Waals surface area contributed by atoms with Gasteiger partial charge in [0.1, 0.15) is 34.5 Å². The number of phenolic OH excluding ortho intramolecular Hbond substituents is 1. The van der Waals surface area contributed by atoms with Gasteiger partial charge in [-0.1, -0.05) is 6.07 Å². The first-order valence-electron chi connectivity index (χ1n) is 7.48. The third-order valence-corrected chi connectivity index (χ3v) is 3.17. The quantitative estimate of drug-likeness (QED) is 0.616. The van der Waals surface area contributed by atoms with Crippen molar-refractivity contribution >= 4 is 0 Å². The molecule has 0 saturated heterocycles. The lowest BCUT2D eigenvalue weighted by atomic mass is 10.3. The van der Waals surface area contributed by atoms with Crippen molar-refractivity contribution in [1.29, 1.82) is 0 Å². The zero-order valence-corrected chi connectivity index (χ0v) is 13.2. The third kappa shape index (κ3) is 5.07. The largest absolute Gasteiger partial charge is 0.573 e. The van der Waals surface area contributed by atoms with Crippen molar-refractivity contribution < 1.29 is 32.5 Å². The van der Waals surface area contributed by atoms with E-state index in [1.165, 1.54) is 36.4 Å². The number of halogens is 3. The van der Waals surface area contributed by atoms with Crippen LogP contribution in [0.15, 0.2) is 72.8 Å². The van der Waals surface area contributed by atoms with Crippen LogP contribution < -0.4 is 14.2 Å². The number of hydrogen-bond donors (Lipinski definition) is 1. The predicted molar refractivity (Wildman–Crippen MR) is 87.8 cm³/mol. The minimum Gasteiger partial charge on any atom is -0.508 e. The molecule has 0 fully saturated rings. The highest BCUT2D eigenvalue weighted by Crippen LogP contribution is 2.30. The lowest BCUT2D eigenvalue weighted by Crippen LogP contribution is -2.16. The maximum Gasteiger partial charge on any atom is 0.573 e. The second-order valence-electron chi connectivity index (χ2n) is 5.19. The van der Waals surface area contributed by atoms with Crippen LogP contribution in [0.1, 0.15) is 0 Å². The monoisotopic (exact) mass is 362 g/mol. The first-order chi connectivity index (χ1) is 12.4. The summed E-state index contributed by atoms with van der Waals surface area (Å²) >= 11 is 0. The Balaban J connectivity index is 1.62. The molecule has 26 heavy (non-hydrogen) atoms. The Morgan fingerprint density at radius 2 is 1.08 bits per heavy atom. The molecule has 0 aliphatic carbocycles. The lowest BCUT2D eigenvalue weighted by molar-refractivity contribution is -0.274. The van der Waals surface area contributed by atoms with Gasteiger partial charge in [-0.05, 0) is 60.7 Å². The fraction of sp³-hybridized carbons (Fsp3) is 0.0526. The normalized spacial score (nSPS) is 11.0. The molecule has 0 bridgehead atoms. The Hall–Kier alpha value is -3.35. The smallest absolute Gasteiger partial charge is 0.508 e. The number of hydrogen-bond acceptors (Lipinski definition) is 4. The highest BCUT2D eigenvalue weighted by atomic mass is 19.4. The minimum absolute atomic E-state index is 0.0976. The van der Waals surface area contributed by atoms with Crippen molar-refractivity contribution in [2.75, 3.05) is 0 Å². The van der Waals surface area contributed by atoms with E-state index in [1.54, 1.807) is 36.4 Å². The molecule has 0 atom stereocenters. The molecular formula is C19H13F3O4. The van der Waals surface area contributed by atoms with E-state index in [0.717, 1.165) is 0 Å². The van der Waals surface area contributed by atoms with Gasteiger partial charge in [-0.25, -0.2) is 0 Å². The number of alkyl halides is 3. The van der Waals surface area contributed by atoms with E-state index >= 15 is 0 Å². The summed E-state index contributed by atoms with van der Waals surface area (Å²) in [5.41, 5.74) is 0. The van der Waals surface area contributed by atoms with Crippen molar-refractivity contribution in [2.45, 2.75) is 6.36 Å². The van der Waals surface area contributed by atoms with Crippen LogP contribution in [-0.4, -0.2) is 11.5 Å². The Labute approximate surface area is 147 Å². The summed E-state index contributed by atoms with van der Waals surface area (Å²) in [7, 11) is 0. The summed E-state index contributed by atoms with van der Waals surface area (Å²) < 4.78 is 51.3. The number of ether oxygens (including phenoxy) is 3. The van der Waals surface area contributed by atoms with Gasteiger partial charge in [-0.15, -0.1) is 13.2 Å². The summed E-state index contributed by atoms with van der Waals surface area (Å²) in [6, 6.07) is 18.1. The molecule has 0 unspecified atom stereocenters. The average molecular weight is 362 g/mol. The maximum atomic E-state index is 12.1. The second kappa shape index (κ2) is 7.26. The van der Waals surface area contributed by atoms with Crippen molar-refractivity contribution in [3.8, 4) is 34.5 Å². The number of phenols is 1. The molecule has 0 aliphatic rings. The summed E-state index contributed by atoms with van der Waals surface area (Å²) in [4.78, 5) is 0. The van der Waals surface area contributed by atoms with Gasteiger partial charge in [0.15, 0.2) is 0 Å². The Kier molecular flexibility index (Phi) is 4.88. The van der Waals surface area contributed by atoms with Crippen molar-refractivity contribution in [2.24, 2.45) is 0 Å². The van der Waals surface area contributed by atoms with E-state index in [4.69, 9.17) is 9.47 Å². The molecule has 3 aromatic rings. The van der Waals surface area contributed by atoms with Crippen LogP contribution in [0.2, 0.25) is 0 Å². The summed E-state index contributed by atoms with van der Waals surface area (Å²) in [5.74, 6) is 1.65. The fourth-order valence-corrected chi connectivity index (χ4v) is 2.10. The number of rotatable bonds is 5. The molecule has 0 radical (unpaired) electrons. The molecular weight excluding hydrogens is 349 g/mol. The van der Waals surface area contributed by atoms with Gasteiger partial charge in [0.25, 0.3) is 0 Å². The molecule has 0 heterocycles. The van der Waals surface area contributed by atoms with Crippen LogP contribution >= 0.6 is 0 Å². The topological polar surface area (TPSA) is 47.9 Å². The van der Waals surface area contributed by atoms with Crippen molar-refractivity contribution in [3.05, 3.63) is 72.8 Å².